The van der Waals surface area contributed by atoms with Crippen molar-refractivity contribution in [1.29, 1.82) is 0 Å². The van der Waals surface area contributed by atoms with Crippen molar-refractivity contribution in [3.63, 3.8) is 0 Å². The van der Waals surface area contributed by atoms with Crippen LogP contribution in [0.5, 0.6) is 0 Å². The van der Waals surface area contributed by atoms with Crippen molar-refractivity contribution < 1.29 is 38.1 Å². The second-order valence-corrected chi connectivity index (χ2v) is 6.45. The molecule has 2 bridgehead atoms. The molecular formula is C16H18O8. The van der Waals surface area contributed by atoms with Crippen molar-refractivity contribution >= 4 is 23.9 Å². The molecule has 0 spiro atoms. The van der Waals surface area contributed by atoms with Crippen LogP contribution >= 0.6 is 0 Å². The van der Waals surface area contributed by atoms with Crippen LogP contribution in [0.2, 0.25) is 0 Å². The zero-order chi connectivity index (χ0) is 17.6. The van der Waals surface area contributed by atoms with Crippen LogP contribution in [0.15, 0.2) is 12.2 Å². The smallest absolute Gasteiger partial charge is 0.344 e. The van der Waals surface area contributed by atoms with Crippen LogP contribution < -0.4 is 0 Å². The van der Waals surface area contributed by atoms with E-state index in [9.17, 15) is 19.2 Å². The van der Waals surface area contributed by atoms with E-state index in [4.69, 9.17) is 18.9 Å². The summed E-state index contributed by atoms with van der Waals surface area (Å²) in [4.78, 5) is 47.4. The number of esters is 4. The largest absolute Gasteiger partial charge is 0.468 e. The third kappa shape index (κ3) is 2.20. The van der Waals surface area contributed by atoms with Gasteiger partial charge in [-0.05, 0) is 19.8 Å². The average molecular weight is 338 g/mol. The average Bonchev–Trinajstić information content (AvgIpc) is 3.14. The molecule has 5 atom stereocenters. The van der Waals surface area contributed by atoms with E-state index in [2.05, 4.69) is 6.58 Å². The second-order valence-electron chi connectivity index (χ2n) is 6.45. The fourth-order valence-corrected chi connectivity index (χ4v) is 4.05. The highest BCUT2D eigenvalue weighted by molar-refractivity contribution is 6.03. The van der Waals surface area contributed by atoms with Crippen molar-refractivity contribution in [3.05, 3.63) is 12.2 Å². The lowest BCUT2D eigenvalue weighted by Crippen LogP contribution is -2.45. The molecular weight excluding hydrogens is 320 g/mol. The van der Waals surface area contributed by atoms with Gasteiger partial charge in [0.05, 0.1) is 7.11 Å². The van der Waals surface area contributed by atoms with Gasteiger partial charge < -0.3 is 18.9 Å². The predicted octanol–water partition coefficient (Wildman–Crippen LogP) is 0.142. The van der Waals surface area contributed by atoms with Gasteiger partial charge >= 0.3 is 23.9 Å². The molecule has 0 radical (unpaired) electrons. The van der Waals surface area contributed by atoms with Gasteiger partial charge in [0.25, 0.3) is 0 Å². The normalized spacial score (nSPS) is 35.3. The highest BCUT2D eigenvalue weighted by Crippen LogP contribution is 2.62. The number of carbonyl (C=O) groups is 4. The highest BCUT2D eigenvalue weighted by atomic mass is 16.6. The molecule has 0 N–H and O–H groups in total. The molecule has 130 valence electrons. The minimum atomic E-state index is -1.26. The molecule has 8 nitrogen and oxygen atoms in total. The van der Waals surface area contributed by atoms with Crippen LogP contribution in [0.1, 0.15) is 19.8 Å². The summed E-state index contributed by atoms with van der Waals surface area (Å²) >= 11 is 0. The summed E-state index contributed by atoms with van der Waals surface area (Å²) in [5, 5.41) is 0. The van der Waals surface area contributed by atoms with E-state index < -0.39 is 48.1 Å². The van der Waals surface area contributed by atoms with E-state index in [-0.39, 0.29) is 23.8 Å². The Hall–Kier alpha value is -2.38. The topological polar surface area (TPSA) is 105 Å². The molecule has 24 heavy (non-hydrogen) atoms. The Morgan fingerprint density at radius 2 is 2.08 bits per heavy atom. The maximum atomic E-state index is 12.2. The summed E-state index contributed by atoms with van der Waals surface area (Å²) in [6.07, 6.45) is -0.496. The Bertz CT molecular complexity index is 638. The summed E-state index contributed by atoms with van der Waals surface area (Å²) in [5.41, 5.74) is -1.09. The molecule has 0 aromatic rings. The summed E-state index contributed by atoms with van der Waals surface area (Å²) < 4.78 is 20.1. The lowest BCUT2D eigenvalue weighted by molar-refractivity contribution is -0.168. The van der Waals surface area contributed by atoms with E-state index in [1.165, 1.54) is 14.0 Å². The van der Waals surface area contributed by atoms with Crippen LogP contribution in [0.3, 0.4) is 0 Å². The van der Waals surface area contributed by atoms with Gasteiger partial charge in [-0.25, -0.2) is 9.59 Å². The number of carbonyl (C=O) groups excluding carboxylic acids is 4. The Kier molecular flexibility index (Phi) is 3.85. The van der Waals surface area contributed by atoms with Gasteiger partial charge in [-0.1, -0.05) is 6.58 Å². The summed E-state index contributed by atoms with van der Waals surface area (Å²) in [7, 11) is 1.23. The molecule has 3 rings (SSSR count). The van der Waals surface area contributed by atoms with E-state index in [1.54, 1.807) is 0 Å². The Balaban J connectivity index is 1.65. The summed E-state index contributed by atoms with van der Waals surface area (Å²) in [6.45, 7) is 4.34. The van der Waals surface area contributed by atoms with Crippen LogP contribution in [-0.2, 0) is 38.1 Å². The molecule has 2 saturated carbocycles. The van der Waals surface area contributed by atoms with Crippen LogP contribution in [0.25, 0.3) is 0 Å². The van der Waals surface area contributed by atoms with Gasteiger partial charge in [0, 0.05) is 17.4 Å². The number of fused-ring (bicyclic) bond motifs is 1. The maximum absolute atomic E-state index is 12.2. The number of rotatable bonds is 5. The van der Waals surface area contributed by atoms with Gasteiger partial charge in [0.2, 0.25) is 0 Å². The lowest BCUT2D eigenvalue weighted by atomic mass is 9.73. The van der Waals surface area contributed by atoms with Gasteiger partial charge in [-0.3, -0.25) is 9.59 Å². The number of hydrogen-bond acceptors (Lipinski definition) is 8. The first kappa shape index (κ1) is 16.5. The Morgan fingerprint density at radius 1 is 1.38 bits per heavy atom. The minimum absolute atomic E-state index is 0.161. The predicted molar refractivity (Wildman–Crippen MR) is 76.2 cm³/mol. The molecule has 0 aromatic heterocycles. The fourth-order valence-electron chi connectivity index (χ4n) is 4.05. The third-order valence-corrected chi connectivity index (χ3v) is 5.05. The van der Waals surface area contributed by atoms with E-state index >= 15 is 0 Å². The van der Waals surface area contributed by atoms with Crippen molar-refractivity contribution in [2.45, 2.75) is 32.0 Å². The maximum Gasteiger partial charge on any atom is 0.344 e. The van der Waals surface area contributed by atoms with Gasteiger partial charge in [0.15, 0.2) is 12.0 Å². The standard InChI is InChI=1S/C16H18O8/c1-7(2)13(18)22-6-10(17)23-11-8-4-9-12(11)24-15(20)16(9,5-8)14(19)21-3/h8-9,11-12H,1,4-6H2,2-3H3. The first-order chi connectivity index (χ1) is 11.3. The van der Waals surface area contributed by atoms with Gasteiger partial charge in [-0.2, -0.15) is 0 Å². The minimum Gasteiger partial charge on any atom is -0.468 e. The number of hydrogen-bond donors (Lipinski definition) is 0. The monoisotopic (exact) mass is 338 g/mol. The van der Waals surface area contributed by atoms with Crippen molar-refractivity contribution in [1.82, 2.24) is 0 Å². The summed E-state index contributed by atoms with van der Waals surface area (Å²) in [5.74, 6) is -3.13. The molecule has 0 amide bonds. The highest BCUT2D eigenvalue weighted by Gasteiger charge is 2.75. The number of ether oxygens (including phenoxy) is 4. The van der Waals surface area contributed by atoms with Crippen molar-refractivity contribution in [3.8, 4) is 0 Å². The first-order valence-electron chi connectivity index (χ1n) is 7.63. The molecule has 8 heteroatoms. The molecule has 1 aliphatic heterocycles. The molecule has 1 heterocycles. The zero-order valence-electron chi connectivity index (χ0n) is 13.4. The lowest BCUT2D eigenvalue weighted by Gasteiger charge is -2.29. The van der Waals surface area contributed by atoms with Crippen LogP contribution in [0.4, 0.5) is 0 Å². The van der Waals surface area contributed by atoms with Gasteiger partial charge in [-0.15, -0.1) is 0 Å². The molecule has 0 aromatic carbocycles. The fraction of sp³-hybridized carbons (Fsp3) is 0.625. The molecule has 1 saturated heterocycles. The quantitative estimate of drug-likeness (QED) is 0.302. The van der Waals surface area contributed by atoms with Crippen LogP contribution in [-0.4, -0.2) is 49.8 Å². The second kappa shape index (κ2) is 5.61. The summed E-state index contributed by atoms with van der Waals surface area (Å²) in [6, 6.07) is 0. The molecule has 2 aliphatic carbocycles. The Labute approximate surface area is 138 Å². The first-order valence-corrected chi connectivity index (χ1v) is 7.63. The van der Waals surface area contributed by atoms with E-state index in [1.807, 2.05) is 0 Å². The Morgan fingerprint density at radius 3 is 2.71 bits per heavy atom. The van der Waals surface area contributed by atoms with Crippen molar-refractivity contribution in [2.24, 2.45) is 17.3 Å². The van der Waals surface area contributed by atoms with Crippen LogP contribution in [0, 0.1) is 17.3 Å². The third-order valence-electron chi connectivity index (χ3n) is 5.05. The van der Waals surface area contributed by atoms with Crippen molar-refractivity contribution in [2.75, 3.05) is 13.7 Å². The van der Waals surface area contributed by atoms with E-state index in [0.717, 1.165) is 0 Å². The SMILES string of the molecule is C=C(C)C(=O)OCC(=O)OC1C2CC3C1OC(=O)C3(C(=O)OC)C2. The van der Waals surface area contributed by atoms with E-state index in [0.29, 0.717) is 6.42 Å². The zero-order valence-corrected chi connectivity index (χ0v) is 13.4. The molecule has 3 aliphatic rings. The van der Waals surface area contributed by atoms with Gasteiger partial charge in [0.1, 0.15) is 12.2 Å². The molecule has 3 fully saturated rings. The number of methoxy groups -OCH3 is 1. The molecule has 5 unspecified atom stereocenters.